The lowest BCUT2D eigenvalue weighted by molar-refractivity contribution is 0.0997. The summed E-state index contributed by atoms with van der Waals surface area (Å²) in [4.78, 5) is 11.8. The maximum atomic E-state index is 12.0. The zero-order valence-corrected chi connectivity index (χ0v) is 11.0. The van der Waals surface area contributed by atoms with E-state index >= 15 is 0 Å². The van der Waals surface area contributed by atoms with E-state index < -0.39 is 0 Å². The fourth-order valence-electron chi connectivity index (χ4n) is 1.69. The first-order valence-electron chi connectivity index (χ1n) is 4.97. The molecule has 1 atom stereocenters. The highest BCUT2D eigenvalue weighted by Crippen LogP contribution is 2.27. The SMILES string of the molecule is CC(Br)C(=O)c1ccc(Cl)c2ccccc12. The first kappa shape index (κ1) is 11.6. The number of carbonyl (C=O) groups is 1. The third kappa shape index (κ3) is 2.00. The Balaban J connectivity index is 2.72. The van der Waals surface area contributed by atoms with Crippen LogP contribution in [-0.2, 0) is 0 Å². The Labute approximate surface area is 108 Å². The van der Waals surface area contributed by atoms with Crippen LogP contribution in [0, 0.1) is 0 Å². The molecule has 0 saturated carbocycles. The highest BCUT2D eigenvalue weighted by atomic mass is 79.9. The molecule has 0 saturated heterocycles. The molecule has 3 heteroatoms. The predicted octanol–water partition coefficient (Wildman–Crippen LogP) is 4.46. The van der Waals surface area contributed by atoms with Gasteiger partial charge in [0.25, 0.3) is 0 Å². The lowest BCUT2D eigenvalue weighted by Gasteiger charge is -2.08. The summed E-state index contributed by atoms with van der Waals surface area (Å²) >= 11 is 9.39. The molecule has 0 N–H and O–H groups in total. The average Bonchev–Trinajstić information content (AvgIpc) is 2.29. The van der Waals surface area contributed by atoms with Crippen molar-refractivity contribution in [3.63, 3.8) is 0 Å². The zero-order valence-electron chi connectivity index (χ0n) is 8.71. The van der Waals surface area contributed by atoms with Gasteiger partial charge in [-0.1, -0.05) is 51.8 Å². The van der Waals surface area contributed by atoms with Crippen LogP contribution < -0.4 is 0 Å². The van der Waals surface area contributed by atoms with Gasteiger partial charge in [-0.3, -0.25) is 4.79 Å². The second-order valence-electron chi connectivity index (χ2n) is 3.62. The van der Waals surface area contributed by atoms with Gasteiger partial charge >= 0.3 is 0 Å². The van der Waals surface area contributed by atoms with Crippen molar-refractivity contribution in [1.29, 1.82) is 0 Å². The van der Waals surface area contributed by atoms with Crippen molar-refractivity contribution in [2.45, 2.75) is 11.8 Å². The number of ketones is 1. The quantitative estimate of drug-likeness (QED) is 0.591. The minimum atomic E-state index is -0.183. The Morgan fingerprint density at radius 2 is 1.81 bits per heavy atom. The van der Waals surface area contributed by atoms with Gasteiger partial charge in [-0.25, -0.2) is 0 Å². The van der Waals surface area contributed by atoms with Crippen LogP contribution in [0.25, 0.3) is 10.8 Å². The van der Waals surface area contributed by atoms with Crippen LogP contribution in [0.3, 0.4) is 0 Å². The molecule has 0 amide bonds. The lowest BCUT2D eigenvalue weighted by atomic mass is 10.0. The fraction of sp³-hybridized carbons (Fsp3) is 0.154. The molecule has 2 rings (SSSR count). The monoisotopic (exact) mass is 296 g/mol. The van der Waals surface area contributed by atoms with E-state index in [2.05, 4.69) is 15.9 Å². The van der Waals surface area contributed by atoms with Gasteiger partial charge in [-0.05, 0) is 24.4 Å². The van der Waals surface area contributed by atoms with Crippen molar-refractivity contribution >= 4 is 44.1 Å². The molecule has 0 aliphatic rings. The Hall–Kier alpha value is -0.860. The smallest absolute Gasteiger partial charge is 0.176 e. The van der Waals surface area contributed by atoms with Crippen LogP contribution in [-0.4, -0.2) is 10.6 Å². The van der Waals surface area contributed by atoms with E-state index in [0.717, 1.165) is 10.8 Å². The molecule has 0 radical (unpaired) electrons. The Bertz CT molecular complexity index is 549. The van der Waals surface area contributed by atoms with Crippen molar-refractivity contribution in [3.05, 3.63) is 47.0 Å². The molecule has 0 heterocycles. The highest BCUT2D eigenvalue weighted by molar-refractivity contribution is 9.10. The van der Waals surface area contributed by atoms with Gasteiger partial charge in [-0.15, -0.1) is 0 Å². The van der Waals surface area contributed by atoms with Crippen LogP contribution in [0.1, 0.15) is 17.3 Å². The van der Waals surface area contributed by atoms with Gasteiger partial charge in [0.15, 0.2) is 5.78 Å². The fourth-order valence-corrected chi connectivity index (χ4v) is 2.17. The van der Waals surface area contributed by atoms with Crippen LogP contribution in [0.15, 0.2) is 36.4 Å². The molecule has 0 aliphatic carbocycles. The summed E-state index contributed by atoms with van der Waals surface area (Å²) in [5, 5.41) is 2.50. The molecular formula is C13H10BrClO. The topological polar surface area (TPSA) is 17.1 Å². The number of rotatable bonds is 2. The highest BCUT2D eigenvalue weighted by Gasteiger charge is 2.15. The predicted molar refractivity (Wildman–Crippen MR) is 71.7 cm³/mol. The maximum Gasteiger partial charge on any atom is 0.176 e. The summed E-state index contributed by atoms with van der Waals surface area (Å²) in [7, 11) is 0. The number of carbonyl (C=O) groups excluding carboxylic acids is 1. The normalized spacial score (nSPS) is 12.7. The van der Waals surface area contributed by atoms with Gasteiger partial charge in [0.2, 0.25) is 0 Å². The van der Waals surface area contributed by atoms with Crippen molar-refractivity contribution in [2.75, 3.05) is 0 Å². The molecule has 16 heavy (non-hydrogen) atoms. The van der Waals surface area contributed by atoms with Gasteiger partial charge < -0.3 is 0 Å². The number of halogens is 2. The van der Waals surface area contributed by atoms with Crippen LogP contribution in [0.2, 0.25) is 5.02 Å². The zero-order chi connectivity index (χ0) is 11.7. The number of hydrogen-bond acceptors (Lipinski definition) is 1. The first-order valence-corrected chi connectivity index (χ1v) is 6.26. The molecule has 1 unspecified atom stereocenters. The van der Waals surface area contributed by atoms with E-state index in [1.165, 1.54) is 0 Å². The molecule has 2 aromatic carbocycles. The van der Waals surface area contributed by atoms with Crippen molar-refractivity contribution < 1.29 is 4.79 Å². The molecule has 0 spiro atoms. The van der Waals surface area contributed by atoms with Gasteiger partial charge in [0.05, 0.1) is 4.83 Å². The molecule has 2 aromatic rings. The first-order chi connectivity index (χ1) is 7.61. The van der Waals surface area contributed by atoms with Gasteiger partial charge in [0, 0.05) is 16.0 Å². The standard InChI is InChI=1S/C13H10BrClO/c1-8(14)13(16)11-6-7-12(15)10-5-3-2-4-9(10)11/h2-8H,1H3. The summed E-state index contributed by atoms with van der Waals surface area (Å²) in [6.45, 7) is 1.83. The number of Topliss-reactive ketones (excluding diaryl/α,β-unsaturated/α-hetero) is 1. The summed E-state index contributed by atoms with van der Waals surface area (Å²) in [6.07, 6.45) is 0. The third-order valence-corrected chi connectivity index (χ3v) is 3.24. The van der Waals surface area contributed by atoms with Gasteiger partial charge in [-0.2, -0.15) is 0 Å². The third-order valence-electron chi connectivity index (χ3n) is 2.50. The van der Waals surface area contributed by atoms with Crippen molar-refractivity contribution in [2.24, 2.45) is 0 Å². The second-order valence-corrected chi connectivity index (χ2v) is 5.40. The minimum absolute atomic E-state index is 0.0767. The van der Waals surface area contributed by atoms with Crippen LogP contribution in [0.4, 0.5) is 0 Å². The van der Waals surface area contributed by atoms with E-state index in [9.17, 15) is 4.79 Å². The summed E-state index contributed by atoms with van der Waals surface area (Å²) < 4.78 is 0. The number of alkyl halides is 1. The maximum absolute atomic E-state index is 12.0. The molecule has 1 nitrogen and oxygen atoms in total. The van der Waals surface area contributed by atoms with E-state index in [0.29, 0.717) is 10.6 Å². The molecule has 0 aliphatic heterocycles. The molecule has 0 fully saturated rings. The Kier molecular flexibility index (Phi) is 3.31. The van der Waals surface area contributed by atoms with Crippen LogP contribution in [0.5, 0.6) is 0 Å². The Morgan fingerprint density at radius 1 is 1.19 bits per heavy atom. The summed E-state index contributed by atoms with van der Waals surface area (Å²) in [6, 6.07) is 11.2. The molecular weight excluding hydrogens is 287 g/mol. The van der Waals surface area contributed by atoms with E-state index in [-0.39, 0.29) is 10.6 Å². The average molecular weight is 298 g/mol. The largest absolute Gasteiger partial charge is 0.293 e. The van der Waals surface area contributed by atoms with Crippen molar-refractivity contribution in [1.82, 2.24) is 0 Å². The second kappa shape index (κ2) is 4.56. The number of benzene rings is 2. The summed E-state index contributed by atoms with van der Waals surface area (Å²) in [5.41, 5.74) is 0.712. The Morgan fingerprint density at radius 3 is 2.44 bits per heavy atom. The van der Waals surface area contributed by atoms with E-state index in [1.54, 1.807) is 12.1 Å². The summed E-state index contributed by atoms with van der Waals surface area (Å²) in [5.74, 6) is 0.0767. The molecule has 82 valence electrons. The lowest BCUT2D eigenvalue weighted by Crippen LogP contribution is -2.10. The molecule has 0 aromatic heterocycles. The minimum Gasteiger partial charge on any atom is -0.293 e. The number of fused-ring (bicyclic) bond motifs is 1. The van der Waals surface area contributed by atoms with Crippen molar-refractivity contribution in [3.8, 4) is 0 Å². The van der Waals surface area contributed by atoms with E-state index in [1.807, 2.05) is 31.2 Å². The van der Waals surface area contributed by atoms with Crippen LogP contribution >= 0.6 is 27.5 Å². The molecule has 0 bridgehead atoms. The van der Waals surface area contributed by atoms with E-state index in [4.69, 9.17) is 11.6 Å². The van der Waals surface area contributed by atoms with Gasteiger partial charge in [0.1, 0.15) is 0 Å². The number of hydrogen-bond donors (Lipinski definition) is 0.